The van der Waals surface area contributed by atoms with Crippen LogP contribution in [0.4, 0.5) is 0 Å². The summed E-state index contributed by atoms with van der Waals surface area (Å²) < 4.78 is 0. The Bertz CT molecular complexity index is 394. The van der Waals surface area contributed by atoms with Crippen LogP contribution in [0.1, 0.15) is 6.42 Å². The second-order valence-corrected chi connectivity index (χ2v) is 4.67. The lowest BCUT2D eigenvalue weighted by atomic mass is 9.75. The summed E-state index contributed by atoms with van der Waals surface area (Å²) in [5.74, 6) is 0.269. The van der Waals surface area contributed by atoms with Gasteiger partial charge in [0.25, 0.3) is 0 Å². The fraction of sp³-hybridized carbons (Fsp3) is 0.455. The lowest BCUT2D eigenvalue weighted by Crippen LogP contribution is -2.36. The van der Waals surface area contributed by atoms with E-state index in [0.29, 0.717) is 0 Å². The third-order valence-corrected chi connectivity index (χ3v) is 3.89. The molecule has 1 saturated carbocycles. The number of Topliss-reactive ketones (excluding diaryl/α,β-unsaturated/α-hetero) is 1. The van der Waals surface area contributed by atoms with E-state index in [2.05, 4.69) is 12.2 Å². The molecule has 0 saturated heterocycles. The van der Waals surface area contributed by atoms with E-state index in [1.165, 1.54) is 6.08 Å². The van der Waals surface area contributed by atoms with Crippen molar-refractivity contribution >= 4 is 23.2 Å². The first kappa shape index (κ1) is 8.42. The number of allylic oxidation sites excluding steroid dienone is 4. The molecule has 0 aromatic carbocycles. The highest BCUT2D eigenvalue weighted by Gasteiger charge is 2.52. The van der Waals surface area contributed by atoms with Gasteiger partial charge in [0.15, 0.2) is 11.6 Å². The van der Waals surface area contributed by atoms with Gasteiger partial charge < -0.3 is 0 Å². The minimum Gasteiger partial charge on any atom is -0.294 e. The maximum atomic E-state index is 11.8. The van der Waals surface area contributed by atoms with Crippen LogP contribution < -0.4 is 0 Å². The van der Waals surface area contributed by atoms with E-state index >= 15 is 0 Å². The van der Waals surface area contributed by atoms with Gasteiger partial charge in [-0.05, 0) is 18.3 Å². The Kier molecular flexibility index (Phi) is 1.55. The van der Waals surface area contributed by atoms with Gasteiger partial charge in [0.05, 0.1) is 5.03 Å². The average Bonchev–Trinajstić information content (AvgIpc) is 2.73. The van der Waals surface area contributed by atoms with Gasteiger partial charge >= 0.3 is 0 Å². The molecule has 0 aromatic rings. The minimum absolute atomic E-state index is 0.0342. The monoisotopic (exact) mass is 208 g/mol. The van der Waals surface area contributed by atoms with Crippen LogP contribution in [-0.2, 0) is 9.59 Å². The van der Waals surface area contributed by atoms with E-state index in [1.54, 1.807) is 0 Å². The number of carbonyl (C=O) groups excluding carboxylic acids is 2. The summed E-state index contributed by atoms with van der Waals surface area (Å²) in [5.41, 5.74) is 0. The molecule has 3 aliphatic carbocycles. The minimum atomic E-state index is -0.157. The summed E-state index contributed by atoms with van der Waals surface area (Å²) >= 11 is 5.73. The normalized spacial score (nSPS) is 44.2. The molecule has 3 aliphatic rings. The molecule has 0 unspecified atom stereocenters. The maximum absolute atomic E-state index is 11.8. The third-order valence-electron chi connectivity index (χ3n) is 3.59. The van der Waals surface area contributed by atoms with Gasteiger partial charge in [-0.2, -0.15) is 0 Å². The highest BCUT2D eigenvalue weighted by molar-refractivity contribution is 6.45. The molecular weight excluding hydrogens is 200 g/mol. The van der Waals surface area contributed by atoms with Crippen molar-refractivity contribution in [1.82, 2.24) is 0 Å². The molecule has 0 aromatic heterocycles. The van der Waals surface area contributed by atoms with Crippen LogP contribution in [0.25, 0.3) is 0 Å². The number of fused-ring (bicyclic) bond motifs is 5. The van der Waals surface area contributed by atoms with E-state index in [-0.39, 0.29) is 40.3 Å². The SMILES string of the molecule is O=C1C=C(Cl)C(=O)[C@H]2[C@H]1[C@@H]1C=C[C@H]2C1. The molecule has 0 heterocycles. The van der Waals surface area contributed by atoms with Crippen LogP contribution in [0, 0.1) is 23.7 Å². The van der Waals surface area contributed by atoms with Crippen LogP contribution in [0.2, 0.25) is 0 Å². The molecule has 3 rings (SSSR count). The van der Waals surface area contributed by atoms with Crippen LogP contribution in [0.3, 0.4) is 0 Å². The van der Waals surface area contributed by atoms with Crippen molar-refractivity contribution in [2.75, 3.05) is 0 Å². The Morgan fingerprint density at radius 1 is 1.14 bits per heavy atom. The molecule has 0 radical (unpaired) electrons. The van der Waals surface area contributed by atoms with Crippen molar-refractivity contribution in [3.05, 3.63) is 23.3 Å². The van der Waals surface area contributed by atoms with Crippen LogP contribution >= 0.6 is 11.6 Å². The average molecular weight is 209 g/mol. The summed E-state index contributed by atoms with van der Waals surface area (Å²) in [6.45, 7) is 0. The zero-order valence-corrected chi connectivity index (χ0v) is 8.20. The number of rotatable bonds is 0. The number of ketones is 2. The molecule has 0 spiro atoms. The number of halogens is 1. The molecule has 3 heteroatoms. The lowest BCUT2D eigenvalue weighted by molar-refractivity contribution is -0.129. The summed E-state index contributed by atoms with van der Waals surface area (Å²) in [6.07, 6.45) is 6.39. The van der Waals surface area contributed by atoms with Gasteiger partial charge in [-0.15, -0.1) is 0 Å². The van der Waals surface area contributed by atoms with E-state index in [4.69, 9.17) is 11.6 Å². The topological polar surface area (TPSA) is 34.1 Å². The Labute approximate surface area is 86.6 Å². The zero-order chi connectivity index (χ0) is 9.87. The number of carbonyl (C=O) groups is 2. The molecule has 0 N–H and O–H groups in total. The summed E-state index contributed by atoms with van der Waals surface area (Å²) in [7, 11) is 0. The first-order valence-corrected chi connectivity index (χ1v) is 5.20. The smallest absolute Gasteiger partial charge is 0.178 e. The van der Waals surface area contributed by atoms with Crippen LogP contribution in [0.5, 0.6) is 0 Å². The fourth-order valence-corrected chi connectivity index (χ4v) is 3.25. The molecule has 1 fully saturated rings. The molecule has 4 atom stereocenters. The summed E-state index contributed by atoms with van der Waals surface area (Å²) in [5, 5.41) is 0.122. The standard InChI is InChI=1S/C11H9ClO2/c12-7-4-8(13)9-5-1-2-6(3-5)10(9)11(7)14/h1-2,4-6,9-10H,3H2/t5-,6+,9+,10-/m1/s1. The Balaban J connectivity index is 2.10. The predicted molar refractivity (Wildman–Crippen MR) is 51.7 cm³/mol. The van der Waals surface area contributed by atoms with E-state index in [0.717, 1.165) is 6.42 Å². The van der Waals surface area contributed by atoms with E-state index in [9.17, 15) is 9.59 Å². The van der Waals surface area contributed by atoms with Crippen molar-refractivity contribution in [1.29, 1.82) is 0 Å². The van der Waals surface area contributed by atoms with Crippen molar-refractivity contribution in [3.63, 3.8) is 0 Å². The second kappa shape index (κ2) is 2.57. The first-order chi connectivity index (χ1) is 6.68. The Morgan fingerprint density at radius 2 is 1.79 bits per heavy atom. The van der Waals surface area contributed by atoms with Crippen molar-refractivity contribution in [2.24, 2.45) is 23.7 Å². The highest BCUT2D eigenvalue weighted by Crippen LogP contribution is 2.51. The van der Waals surface area contributed by atoms with Gasteiger partial charge in [-0.1, -0.05) is 23.8 Å². The molecular formula is C11H9ClO2. The van der Waals surface area contributed by atoms with Gasteiger partial charge in [0.1, 0.15) is 0 Å². The summed E-state index contributed by atoms with van der Waals surface area (Å²) in [4.78, 5) is 23.4. The quantitative estimate of drug-likeness (QED) is 0.568. The number of hydrogen-bond acceptors (Lipinski definition) is 2. The van der Waals surface area contributed by atoms with Crippen molar-refractivity contribution in [3.8, 4) is 0 Å². The molecule has 0 aliphatic heterocycles. The molecule has 0 amide bonds. The van der Waals surface area contributed by atoms with Crippen LogP contribution in [-0.4, -0.2) is 11.6 Å². The highest BCUT2D eigenvalue weighted by atomic mass is 35.5. The Hall–Kier alpha value is -0.890. The lowest BCUT2D eigenvalue weighted by Gasteiger charge is -2.27. The van der Waals surface area contributed by atoms with Crippen LogP contribution in [0.15, 0.2) is 23.3 Å². The van der Waals surface area contributed by atoms with E-state index < -0.39 is 0 Å². The van der Waals surface area contributed by atoms with Gasteiger partial charge in [0, 0.05) is 17.9 Å². The zero-order valence-electron chi connectivity index (χ0n) is 7.44. The molecule has 72 valence electrons. The Morgan fingerprint density at radius 3 is 2.50 bits per heavy atom. The molecule has 14 heavy (non-hydrogen) atoms. The van der Waals surface area contributed by atoms with Crippen molar-refractivity contribution < 1.29 is 9.59 Å². The molecule has 2 nitrogen and oxygen atoms in total. The van der Waals surface area contributed by atoms with Gasteiger partial charge in [-0.3, -0.25) is 9.59 Å². The van der Waals surface area contributed by atoms with Gasteiger partial charge in [0.2, 0.25) is 0 Å². The first-order valence-electron chi connectivity index (χ1n) is 4.82. The fourth-order valence-electron chi connectivity index (χ4n) is 3.02. The molecule has 2 bridgehead atoms. The van der Waals surface area contributed by atoms with Crippen molar-refractivity contribution in [2.45, 2.75) is 6.42 Å². The maximum Gasteiger partial charge on any atom is 0.178 e. The largest absolute Gasteiger partial charge is 0.294 e. The predicted octanol–water partition coefficient (Wildman–Crippen LogP) is 1.70. The third kappa shape index (κ3) is 0.871. The number of hydrogen-bond donors (Lipinski definition) is 0. The second-order valence-electron chi connectivity index (χ2n) is 4.26. The van der Waals surface area contributed by atoms with E-state index in [1.807, 2.05) is 0 Å². The summed E-state index contributed by atoms with van der Waals surface area (Å²) in [6, 6.07) is 0. The van der Waals surface area contributed by atoms with Gasteiger partial charge in [-0.25, -0.2) is 0 Å².